The van der Waals surface area contributed by atoms with Gasteiger partial charge < -0.3 is 9.47 Å². The molecule has 2 aromatic rings. The SMILES string of the molecule is CB(C)c1ccc(OCCOCc2ccccc2)cc1. The van der Waals surface area contributed by atoms with Gasteiger partial charge in [-0.1, -0.05) is 61.6 Å². The van der Waals surface area contributed by atoms with Gasteiger partial charge in [0.05, 0.1) is 13.2 Å². The third-order valence-electron chi connectivity index (χ3n) is 3.15. The van der Waals surface area contributed by atoms with Crippen molar-refractivity contribution in [3.05, 3.63) is 60.2 Å². The number of rotatable bonds is 7. The molecular weight excluding hydrogens is 247 g/mol. The first-order chi connectivity index (χ1) is 9.75. The molecule has 2 nitrogen and oxygen atoms in total. The third-order valence-corrected chi connectivity index (χ3v) is 3.15. The van der Waals surface area contributed by atoms with Gasteiger partial charge in [0.1, 0.15) is 12.4 Å². The molecule has 0 spiro atoms. The topological polar surface area (TPSA) is 18.5 Å². The highest BCUT2D eigenvalue weighted by Crippen LogP contribution is 2.08. The predicted molar refractivity (Wildman–Crippen MR) is 85.2 cm³/mol. The van der Waals surface area contributed by atoms with E-state index in [0.717, 1.165) is 5.75 Å². The van der Waals surface area contributed by atoms with Gasteiger partial charge >= 0.3 is 0 Å². The standard InChI is InChI=1S/C17H21BO2/c1-18(2)16-8-10-17(11-9-16)20-13-12-19-14-15-6-4-3-5-7-15/h3-11H,12-14H2,1-2H3. The molecule has 0 aliphatic carbocycles. The summed E-state index contributed by atoms with van der Waals surface area (Å²) in [4.78, 5) is 0. The minimum atomic E-state index is 0.554. The zero-order valence-corrected chi connectivity index (χ0v) is 12.2. The second kappa shape index (κ2) is 7.76. The lowest BCUT2D eigenvalue weighted by Gasteiger charge is -2.08. The Morgan fingerprint density at radius 1 is 0.850 bits per heavy atom. The van der Waals surface area contributed by atoms with Gasteiger partial charge in [-0.3, -0.25) is 0 Å². The first kappa shape index (κ1) is 14.7. The largest absolute Gasteiger partial charge is 0.491 e. The molecule has 2 aromatic carbocycles. The molecule has 0 saturated heterocycles. The fourth-order valence-electron chi connectivity index (χ4n) is 1.93. The zero-order chi connectivity index (χ0) is 14.2. The molecule has 0 N–H and O–H groups in total. The summed E-state index contributed by atoms with van der Waals surface area (Å²) >= 11 is 0. The predicted octanol–water partition coefficient (Wildman–Crippen LogP) is 3.24. The van der Waals surface area contributed by atoms with E-state index in [1.54, 1.807) is 0 Å². The summed E-state index contributed by atoms with van der Waals surface area (Å²) in [6.45, 7) is 6.74. The van der Waals surface area contributed by atoms with Crippen molar-refractivity contribution in [3.8, 4) is 5.75 Å². The lowest BCUT2D eigenvalue weighted by molar-refractivity contribution is 0.0889. The minimum absolute atomic E-state index is 0.554. The fourth-order valence-corrected chi connectivity index (χ4v) is 1.93. The quantitative estimate of drug-likeness (QED) is 0.567. The summed E-state index contributed by atoms with van der Waals surface area (Å²) in [5.41, 5.74) is 2.52. The molecule has 0 unspecified atom stereocenters. The maximum atomic E-state index is 5.65. The Kier molecular flexibility index (Phi) is 5.69. The van der Waals surface area contributed by atoms with Gasteiger partial charge in [0, 0.05) is 0 Å². The smallest absolute Gasteiger partial charge is 0.169 e. The molecule has 0 radical (unpaired) electrons. The van der Waals surface area contributed by atoms with Crippen molar-refractivity contribution in [2.75, 3.05) is 13.2 Å². The van der Waals surface area contributed by atoms with Crippen LogP contribution in [0.15, 0.2) is 54.6 Å². The van der Waals surface area contributed by atoms with Crippen LogP contribution in [0.4, 0.5) is 0 Å². The van der Waals surface area contributed by atoms with Crippen molar-refractivity contribution in [2.24, 2.45) is 0 Å². The number of ether oxygens (including phenoxy) is 2. The van der Waals surface area contributed by atoms with Crippen molar-refractivity contribution < 1.29 is 9.47 Å². The molecule has 0 aliphatic heterocycles. The highest BCUT2D eigenvalue weighted by atomic mass is 16.5. The van der Waals surface area contributed by atoms with Gasteiger partial charge in [0.2, 0.25) is 0 Å². The fraction of sp³-hybridized carbons (Fsp3) is 0.294. The van der Waals surface area contributed by atoms with Gasteiger partial charge in [-0.05, 0) is 17.7 Å². The van der Waals surface area contributed by atoms with Crippen LogP contribution in [0.5, 0.6) is 5.75 Å². The van der Waals surface area contributed by atoms with Gasteiger partial charge in [-0.15, -0.1) is 0 Å². The highest BCUT2D eigenvalue weighted by Gasteiger charge is 2.02. The van der Waals surface area contributed by atoms with Crippen LogP contribution in [0.25, 0.3) is 0 Å². The van der Waals surface area contributed by atoms with Gasteiger partial charge in [0.25, 0.3) is 0 Å². The van der Waals surface area contributed by atoms with Crippen LogP contribution in [0, 0.1) is 0 Å². The maximum absolute atomic E-state index is 5.65. The molecule has 104 valence electrons. The van der Waals surface area contributed by atoms with Gasteiger partial charge in [-0.25, -0.2) is 0 Å². The summed E-state index contributed by atoms with van der Waals surface area (Å²) in [7, 11) is 0. The first-order valence-electron chi connectivity index (χ1n) is 7.10. The van der Waals surface area contributed by atoms with Crippen LogP contribution in [-0.4, -0.2) is 19.9 Å². The van der Waals surface area contributed by atoms with Crippen LogP contribution in [0.1, 0.15) is 5.56 Å². The molecule has 0 aromatic heterocycles. The second-order valence-corrected chi connectivity index (χ2v) is 5.11. The van der Waals surface area contributed by atoms with Crippen molar-refractivity contribution in [1.82, 2.24) is 0 Å². The molecule has 0 amide bonds. The van der Waals surface area contributed by atoms with Crippen LogP contribution >= 0.6 is 0 Å². The second-order valence-electron chi connectivity index (χ2n) is 5.11. The van der Waals surface area contributed by atoms with Crippen LogP contribution in [0.2, 0.25) is 13.6 Å². The molecule has 20 heavy (non-hydrogen) atoms. The van der Waals surface area contributed by atoms with Gasteiger partial charge in [0.15, 0.2) is 6.71 Å². The maximum Gasteiger partial charge on any atom is 0.169 e. The van der Waals surface area contributed by atoms with Crippen molar-refractivity contribution in [3.63, 3.8) is 0 Å². The van der Waals surface area contributed by atoms with Crippen LogP contribution in [0.3, 0.4) is 0 Å². The first-order valence-corrected chi connectivity index (χ1v) is 7.10. The van der Waals surface area contributed by atoms with Crippen molar-refractivity contribution >= 4 is 12.2 Å². The molecule has 0 saturated carbocycles. The zero-order valence-electron chi connectivity index (χ0n) is 12.2. The Morgan fingerprint density at radius 2 is 1.55 bits per heavy atom. The van der Waals surface area contributed by atoms with E-state index < -0.39 is 0 Å². The Balaban J connectivity index is 1.66. The van der Waals surface area contributed by atoms with E-state index >= 15 is 0 Å². The van der Waals surface area contributed by atoms with Crippen molar-refractivity contribution in [1.29, 1.82) is 0 Å². The molecule has 0 heterocycles. The summed E-state index contributed by atoms with van der Waals surface area (Å²) in [6, 6.07) is 18.4. The summed E-state index contributed by atoms with van der Waals surface area (Å²) in [5, 5.41) is 0. The summed E-state index contributed by atoms with van der Waals surface area (Å²) in [5.74, 6) is 0.901. The molecule has 3 heteroatoms. The normalized spacial score (nSPS) is 10.3. The Morgan fingerprint density at radius 3 is 2.20 bits per heavy atom. The van der Waals surface area contributed by atoms with E-state index in [1.807, 2.05) is 30.3 Å². The Labute approximate surface area is 121 Å². The average molecular weight is 268 g/mol. The third kappa shape index (κ3) is 4.74. The van der Waals surface area contributed by atoms with E-state index in [9.17, 15) is 0 Å². The van der Waals surface area contributed by atoms with E-state index in [2.05, 4.69) is 37.9 Å². The number of benzene rings is 2. The molecule has 0 fully saturated rings. The molecule has 0 bridgehead atoms. The summed E-state index contributed by atoms with van der Waals surface area (Å²) < 4.78 is 11.2. The minimum Gasteiger partial charge on any atom is -0.491 e. The highest BCUT2D eigenvalue weighted by molar-refractivity contribution is 6.70. The lowest BCUT2D eigenvalue weighted by Crippen LogP contribution is -2.21. The van der Waals surface area contributed by atoms with E-state index in [-0.39, 0.29) is 0 Å². The van der Waals surface area contributed by atoms with E-state index in [1.165, 1.54) is 11.0 Å². The number of hydrogen-bond acceptors (Lipinski definition) is 2. The molecular formula is C17H21BO2. The van der Waals surface area contributed by atoms with Crippen LogP contribution < -0.4 is 10.2 Å². The molecule has 2 rings (SSSR count). The monoisotopic (exact) mass is 268 g/mol. The molecule has 0 aliphatic rings. The summed E-state index contributed by atoms with van der Waals surface area (Å²) in [6.07, 6.45) is 0. The Hall–Kier alpha value is -1.74. The average Bonchev–Trinajstić information content (AvgIpc) is 2.48. The van der Waals surface area contributed by atoms with Crippen molar-refractivity contribution in [2.45, 2.75) is 20.3 Å². The lowest BCUT2D eigenvalue weighted by atomic mass is 9.49. The van der Waals surface area contributed by atoms with E-state index in [0.29, 0.717) is 26.5 Å². The Bertz CT molecular complexity index is 494. The van der Waals surface area contributed by atoms with Gasteiger partial charge in [-0.2, -0.15) is 0 Å². The molecule has 0 atom stereocenters. The van der Waals surface area contributed by atoms with E-state index in [4.69, 9.17) is 9.47 Å². The van der Waals surface area contributed by atoms with Crippen LogP contribution in [-0.2, 0) is 11.3 Å². The number of hydrogen-bond donors (Lipinski definition) is 0.